The van der Waals surface area contributed by atoms with Gasteiger partial charge in [0, 0.05) is 44.6 Å². The van der Waals surface area contributed by atoms with Crippen molar-refractivity contribution in [2.45, 2.75) is 38.1 Å². The fourth-order valence-corrected chi connectivity index (χ4v) is 4.34. The lowest BCUT2D eigenvalue weighted by atomic mass is 9.95. The van der Waals surface area contributed by atoms with Gasteiger partial charge in [-0.15, -0.1) is 0 Å². The van der Waals surface area contributed by atoms with Crippen LogP contribution in [0.15, 0.2) is 42.7 Å². The van der Waals surface area contributed by atoms with E-state index in [1.165, 1.54) is 32.1 Å². The lowest BCUT2D eigenvalue weighted by molar-refractivity contribution is 0.0746. The summed E-state index contributed by atoms with van der Waals surface area (Å²) in [5, 5.41) is 3.56. The number of benzene rings is 1. The van der Waals surface area contributed by atoms with Crippen LogP contribution in [0, 0.1) is 0 Å². The quantitative estimate of drug-likeness (QED) is 0.836. The third-order valence-corrected chi connectivity index (χ3v) is 5.95. The number of nitrogens with zero attached hydrogens (tertiary/aromatic N) is 3. The summed E-state index contributed by atoms with van der Waals surface area (Å²) >= 11 is 0. The molecule has 0 spiro atoms. The SMILES string of the molecule is COc1ccccc1N1CCN(C(=O)c2cncc(NC3CCCCC3)c2)CC1. The molecule has 4 rings (SSSR count). The van der Waals surface area contributed by atoms with Gasteiger partial charge in [-0.05, 0) is 31.0 Å². The number of ether oxygens (including phenoxy) is 1. The van der Waals surface area contributed by atoms with Gasteiger partial charge in [0.05, 0.1) is 24.0 Å². The van der Waals surface area contributed by atoms with Crippen molar-refractivity contribution in [2.75, 3.05) is 43.5 Å². The summed E-state index contributed by atoms with van der Waals surface area (Å²) in [6, 6.07) is 10.5. The van der Waals surface area contributed by atoms with E-state index >= 15 is 0 Å². The van der Waals surface area contributed by atoms with Crippen LogP contribution in [0.5, 0.6) is 5.75 Å². The summed E-state index contributed by atoms with van der Waals surface area (Å²) in [7, 11) is 1.69. The zero-order valence-corrected chi connectivity index (χ0v) is 17.1. The number of carbonyl (C=O) groups is 1. The second-order valence-corrected chi connectivity index (χ2v) is 7.89. The van der Waals surface area contributed by atoms with Crippen LogP contribution >= 0.6 is 0 Å². The first-order valence-corrected chi connectivity index (χ1v) is 10.6. The standard InChI is InChI=1S/C23H30N4O2/c1-29-22-10-6-5-9-21(22)26-11-13-27(14-12-26)23(28)18-15-20(17-24-16-18)25-19-7-3-2-4-8-19/h5-6,9-10,15-17,19,25H,2-4,7-8,11-14H2,1H3. The number of hydrogen-bond acceptors (Lipinski definition) is 5. The van der Waals surface area contributed by atoms with Crippen molar-refractivity contribution in [3.8, 4) is 5.75 Å². The second kappa shape index (κ2) is 9.16. The average Bonchev–Trinajstić information content (AvgIpc) is 2.79. The van der Waals surface area contributed by atoms with Crippen molar-refractivity contribution in [3.05, 3.63) is 48.3 Å². The Labute approximate surface area is 172 Å². The number of rotatable bonds is 5. The molecular formula is C23H30N4O2. The molecule has 2 fully saturated rings. The van der Waals surface area contributed by atoms with Crippen LogP contribution < -0.4 is 15.0 Å². The van der Waals surface area contributed by atoms with Crippen molar-refractivity contribution in [1.29, 1.82) is 0 Å². The Kier molecular flexibility index (Phi) is 6.17. The van der Waals surface area contributed by atoms with Gasteiger partial charge >= 0.3 is 0 Å². The molecule has 1 aliphatic carbocycles. The molecule has 0 atom stereocenters. The van der Waals surface area contributed by atoms with Gasteiger partial charge in [-0.25, -0.2) is 0 Å². The lowest BCUT2D eigenvalue weighted by Crippen LogP contribution is -2.48. The van der Waals surface area contributed by atoms with Crippen molar-refractivity contribution in [1.82, 2.24) is 9.88 Å². The van der Waals surface area contributed by atoms with Gasteiger partial charge in [-0.1, -0.05) is 31.4 Å². The Morgan fingerprint density at radius 1 is 1.07 bits per heavy atom. The Morgan fingerprint density at radius 3 is 2.59 bits per heavy atom. The van der Waals surface area contributed by atoms with Gasteiger partial charge in [0.2, 0.25) is 0 Å². The largest absolute Gasteiger partial charge is 0.495 e. The summed E-state index contributed by atoms with van der Waals surface area (Å²) < 4.78 is 5.48. The number of amides is 1. The maximum atomic E-state index is 13.0. The molecule has 0 radical (unpaired) electrons. The summed E-state index contributed by atoms with van der Waals surface area (Å²) in [4.78, 5) is 21.5. The Morgan fingerprint density at radius 2 is 1.83 bits per heavy atom. The highest BCUT2D eigenvalue weighted by Crippen LogP contribution is 2.28. The van der Waals surface area contributed by atoms with Gasteiger partial charge in [0.25, 0.3) is 5.91 Å². The predicted octanol–water partition coefficient (Wildman–Crippen LogP) is 3.80. The van der Waals surface area contributed by atoms with Gasteiger partial charge in [0.1, 0.15) is 5.75 Å². The first-order chi connectivity index (χ1) is 14.2. The van der Waals surface area contributed by atoms with E-state index in [1.807, 2.05) is 35.4 Å². The average molecular weight is 395 g/mol. The summed E-state index contributed by atoms with van der Waals surface area (Å²) in [5.74, 6) is 0.933. The molecule has 1 saturated heterocycles. The van der Waals surface area contributed by atoms with Crippen LogP contribution in [0.3, 0.4) is 0 Å². The van der Waals surface area contributed by atoms with Crippen LogP contribution in [0.25, 0.3) is 0 Å². The molecule has 1 aliphatic heterocycles. The molecule has 6 heteroatoms. The minimum absolute atomic E-state index is 0.0597. The highest BCUT2D eigenvalue weighted by Gasteiger charge is 2.24. The number of methoxy groups -OCH3 is 1. The fourth-order valence-electron chi connectivity index (χ4n) is 4.34. The van der Waals surface area contributed by atoms with Crippen LogP contribution in [-0.2, 0) is 0 Å². The zero-order chi connectivity index (χ0) is 20.1. The number of anilines is 2. The van der Waals surface area contributed by atoms with E-state index in [-0.39, 0.29) is 5.91 Å². The number of piperazine rings is 1. The van der Waals surface area contributed by atoms with Crippen LogP contribution in [0.2, 0.25) is 0 Å². The van der Waals surface area contributed by atoms with Gasteiger partial charge in [-0.3, -0.25) is 9.78 Å². The number of para-hydroxylation sites is 2. The topological polar surface area (TPSA) is 57.7 Å². The molecule has 1 N–H and O–H groups in total. The first-order valence-electron chi connectivity index (χ1n) is 10.6. The summed E-state index contributed by atoms with van der Waals surface area (Å²) in [6.45, 7) is 2.97. The second-order valence-electron chi connectivity index (χ2n) is 7.89. The van der Waals surface area contributed by atoms with E-state index < -0.39 is 0 Å². The summed E-state index contributed by atoms with van der Waals surface area (Å²) in [6.07, 6.45) is 9.79. The predicted molar refractivity (Wildman–Crippen MR) is 116 cm³/mol. The number of aromatic nitrogens is 1. The van der Waals surface area contributed by atoms with Crippen molar-refractivity contribution in [3.63, 3.8) is 0 Å². The van der Waals surface area contributed by atoms with Gasteiger partial charge in [-0.2, -0.15) is 0 Å². The van der Waals surface area contributed by atoms with E-state index in [1.54, 1.807) is 13.3 Å². The molecule has 1 saturated carbocycles. The molecule has 1 aromatic carbocycles. The van der Waals surface area contributed by atoms with E-state index in [4.69, 9.17) is 4.74 Å². The van der Waals surface area contributed by atoms with E-state index in [0.717, 1.165) is 30.2 Å². The maximum absolute atomic E-state index is 13.0. The summed E-state index contributed by atoms with van der Waals surface area (Å²) in [5.41, 5.74) is 2.70. The van der Waals surface area contributed by atoms with E-state index in [2.05, 4.69) is 21.3 Å². The minimum Gasteiger partial charge on any atom is -0.495 e. The number of hydrogen-bond donors (Lipinski definition) is 1. The minimum atomic E-state index is 0.0597. The Balaban J connectivity index is 1.37. The molecule has 2 aromatic rings. The number of nitrogens with one attached hydrogen (secondary N) is 1. The first kappa shape index (κ1) is 19.6. The maximum Gasteiger partial charge on any atom is 0.255 e. The van der Waals surface area contributed by atoms with E-state index in [0.29, 0.717) is 24.7 Å². The normalized spacial score (nSPS) is 17.8. The molecule has 1 amide bonds. The third kappa shape index (κ3) is 4.63. The molecular weight excluding hydrogens is 364 g/mol. The molecule has 2 heterocycles. The van der Waals surface area contributed by atoms with Crippen LogP contribution in [0.1, 0.15) is 42.5 Å². The molecule has 154 valence electrons. The third-order valence-electron chi connectivity index (χ3n) is 5.95. The number of pyridine rings is 1. The number of carbonyl (C=O) groups excluding carboxylic acids is 1. The Bertz CT molecular complexity index is 827. The molecule has 2 aliphatic rings. The van der Waals surface area contributed by atoms with Crippen LogP contribution in [-0.4, -0.2) is 55.1 Å². The monoisotopic (exact) mass is 394 g/mol. The van der Waals surface area contributed by atoms with Crippen molar-refractivity contribution in [2.24, 2.45) is 0 Å². The van der Waals surface area contributed by atoms with Gasteiger partial charge in [0.15, 0.2) is 0 Å². The highest BCUT2D eigenvalue weighted by atomic mass is 16.5. The molecule has 6 nitrogen and oxygen atoms in total. The Hall–Kier alpha value is -2.76. The smallest absolute Gasteiger partial charge is 0.255 e. The highest BCUT2D eigenvalue weighted by molar-refractivity contribution is 5.95. The van der Waals surface area contributed by atoms with Crippen molar-refractivity contribution < 1.29 is 9.53 Å². The van der Waals surface area contributed by atoms with Crippen LogP contribution in [0.4, 0.5) is 11.4 Å². The fraction of sp³-hybridized carbons (Fsp3) is 0.478. The molecule has 0 bridgehead atoms. The molecule has 0 unspecified atom stereocenters. The van der Waals surface area contributed by atoms with Gasteiger partial charge < -0.3 is 19.9 Å². The zero-order valence-electron chi connectivity index (χ0n) is 17.1. The van der Waals surface area contributed by atoms with Crippen molar-refractivity contribution >= 4 is 17.3 Å². The lowest BCUT2D eigenvalue weighted by Gasteiger charge is -2.36. The molecule has 29 heavy (non-hydrogen) atoms. The van der Waals surface area contributed by atoms with E-state index in [9.17, 15) is 4.79 Å². The molecule has 1 aromatic heterocycles.